The van der Waals surface area contributed by atoms with Gasteiger partial charge in [0.2, 0.25) is 5.43 Å². The Balaban J connectivity index is 2.84. The maximum atomic E-state index is 12.2. The first kappa shape index (κ1) is 13.6. The smallest absolute Gasteiger partial charge is 0.207 e. The van der Waals surface area contributed by atoms with E-state index < -0.39 is 0 Å². The van der Waals surface area contributed by atoms with Crippen molar-refractivity contribution < 1.29 is 4.74 Å². The van der Waals surface area contributed by atoms with E-state index in [1.165, 1.54) is 6.20 Å². The number of methoxy groups -OCH3 is 1. The second kappa shape index (κ2) is 5.43. The summed E-state index contributed by atoms with van der Waals surface area (Å²) in [7, 11) is 1.60. The molecule has 0 fully saturated rings. The molecule has 0 saturated carbocycles. The molecule has 0 bridgehead atoms. The number of halogens is 1. The van der Waals surface area contributed by atoms with Gasteiger partial charge in [0.15, 0.2) is 0 Å². The summed E-state index contributed by atoms with van der Waals surface area (Å²) in [6.07, 6.45) is 1.53. The van der Waals surface area contributed by atoms with Gasteiger partial charge in [-0.15, -0.1) is 0 Å². The lowest BCUT2D eigenvalue weighted by Crippen LogP contribution is -2.15. The summed E-state index contributed by atoms with van der Waals surface area (Å²) in [4.78, 5) is 12.2. The lowest BCUT2D eigenvalue weighted by atomic mass is 10.1. The average molecular weight is 277 g/mol. The van der Waals surface area contributed by atoms with Crippen LogP contribution in [0.2, 0.25) is 5.02 Å². The van der Waals surface area contributed by atoms with Crippen molar-refractivity contribution in [2.24, 2.45) is 0 Å². The van der Waals surface area contributed by atoms with Gasteiger partial charge >= 0.3 is 0 Å². The topological polar surface area (TPSA) is 55.0 Å². The van der Waals surface area contributed by atoms with Crippen LogP contribution in [0, 0.1) is 18.3 Å². The highest BCUT2D eigenvalue weighted by molar-refractivity contribution is 6.35. The summed E-state index contributed by atoms with van der Waals surface area (Å²) in [5.41, 5.74) is 1.37. The maximum Gasteiger partial charge on any atom is 0.207 e. The maximum absolute atomic E-state index is 12.2. The van der Waals surface area contributed by atoms with E-state index in [1.54, 1.807) is 23.8 Å². The van der Waals surface area contributed by atoms with Crippen molar-refractivity contribution in [3.8, 4) is 6.07 Å². The van der Waals surface area contributed by atoms with Crippen LogP contribution in [0.25, 0.3) is 10.9 Å². The minimum Gasteiger partial charge on any atom is -0.383 e. The Morgan fingerprint density at radius 3 is 2.84 bits per heavy atom. The Labute approximate surface area is 115 Å². The number of benzene rings is 1. The molecular weight excluding hydrogens is 264 g/mol. The zero-order valence-corrected chi connectivity index (χ0v) is 11.5. The quantitative estimate of drug-likeness (QED) is 0.865. The van der Waals surface area contributed by atoms with Crippen molar-refractivity contribution in [2.45, 2.75) is 13.5 Å². The zero-order valence-electron chi connectivity index (χ0n) is 10.7. The number of hydrogen-bond donors (Lipinski definition) is 0. The first-order valence-corrected chi connectivity index (χ1v) is 6.18. The number of hydrogen-bond acceptors (Lipinski definition) is 3. The van der Waals surface area contributed by atoms with E-state index in [0.29, 0.717) is 29.1 Å². The van der Waals surface area contributed by atoms with Crippen molar-refractivity contribution >= 4 is 22.5 Å². The first-order chi connectivity index (χ1) is 9.08. The lowest BCUT2D eigenvalue weighted by Gasteiger charge is -2.13. The Morgan fingerprint density at radius 2 is 2.21 bits per heavy atom. The summed E-state index contributed by atoms with van der Waals surface area (Å²) in [5.74, 6) is 0. The Bertz CT molecular complexity index is 729. The van der Waals surface area contributed by atoms with Gasteiger partial charge in [0.05, 0.1) is 17.1 Å². The van der Waals surface area contributed by atoms with Crippen LogP contribution in [0.1, 0.15) is 11.1 Å². The van der Waals surface area contributed by atoms with Crippen LogP contribution in [-0.2, 0) is 11.3 Å². The molecule has 19 heavy (non-hydrogen) atoms. The van der Waals surface area contributed by atoms with Crippen LogP contribution in [-0.4, -0.2) is 18.3 Å². The molecule has 5 heteroatoms. The standard InChI is InChI=1S/C14H13ClN2O2/c1-9-5-11-13(12(15)6-9)17(3-4-19-2)8-10(7-16)14(11)18/h5-6,8H,3-4H2,1-2H3. The number of fused-ring (bicyclic) bond motifs is 1. The molecule has 0 aliphatic heterocycles. The molecule has 4 nitrogen and oxygen atoms in total. The van der Waals surface area contributed by atoms with Crippen LogP contribution < -0.4 is 5.43 Å². The molecule has 0 amide bonds. The molecule has 0 aliphatic carbocycles. The third kappa shape index (κ3) is 2.48. The molecule has 1 aromatic heterocycles. The van der Waals surface area contributed by atoms with E-state index in [4.69, 9.17) is 21.6 Å². The first-order valence-electron chi connectivity index (χ1n) is 5.81. The molecule has 1 aromatic carbocycles. The molecule has 0 radical (unpaired) electrons. The Kier molecular flexibility index (Phi) is 3.89. The highest BCUT2D eigenvalue weighted by atomic mass is 35.5. The molecule has 0 spiro atoms. The number of ether oxygens (including phenoxy) is 1. The lowest BCUT2D eigenvalue weighted by molar-refractivity contribution is 0.188. The summed E-state index contributed by atoms with van der Waals surface area (Å²) in [6.45, 7) is 2.88. The summed E-state index contributed by atoms with van der Waals surface area (Å²) in [6, 6.07) is 5.49. The van der Waals surface area contributed by atoms with Crippen LogP contribution in [0.5, 0.6) is 0 Å². The van der Waals surface area contributed by atoms with Gasteiger partial charge in [0.25, 0.3) is 0 Å². The van der Waals surface area contributed by atoms with Gasteiger partial charge in [-0.25, -0.2) is 0 Å². The van der Waals surface area contributed by atoms with Crippen LogP contribution >= 0.6 is 11.6 Å². The predicted molar refractivity (Wildman–Crippen MR) is 74.5 cm³/mol. The van der Waals surface area contributed by atoms with Gasteiger partial charge in [0, 0.05) is 25.2 Å². The van der Waals surface area contributed by atoms with Gasteiger partial charge in [0.1, 0.15) is 11.6 Å². The number of nitriles is 1. The third-order valence-corrected chi connectivity index (χ3v) is 3.21. The minimum absolute atomic E-state index is 0.116. The van der Waals surface area contributed by atoms with E-state index in [1.807, 2.05) is 13.0 Å². The minimum atomic E-state index is -0.281. The predicted octanol–water partition coefficient (Wildman–Crippen LogP) is 2.48. The summed E-state index contributed by atoms with van der Waals surface area (Å²) < 4.78 is 6.83. The summed E-state index contributed by atoms with van der Waals surface area (Å²) >= 11 is 6.23. The second-order valence-corrected chi connectivity index (χ2v) is 4.72. The number of nitrogens with zero attached hydrogens (tertiary/aromatic N) is 2. The molecule has 2 rings (SSSR count). The van der Waals surface area contributed by atoms with Crippen LogP contribution in [0.15, 0.2) is 23.1 Å². The highest BCUT2D eigenvalue weighted by Crippen LogP contribution is 2.23. The Hall–Kier alpha value is -1.83. The Morgan fingerprint density at radius 1 is 1.47 bits per heavy atom. The van der Waals surface area contributed by atoms with Crippen LogP contribution in [0.4, 0.5) is 0 Å². The van der Waals surface area contributed by atoms with E-state index in [0.717, 1.165) is 5.56 Å². The second-order valence-electron chi connectivity index (χ2n) is 4.31. The molecule has 0 N–H and O–H groups in total. The van der Waals surface area contributed by atoms with Crippen molar-refractivity contribution in [3.05, 3.63) is 44.7 Å². The fourth-order valence-corrected chi connectivity index (χ4v) is 2.45. The van der Waals surface area contributed by atoms with Crippen molar-refractivity contribution in [2.75, 3.05) is 13.7 Å². The highest BCUT2D eigenvalue weighted by Gasteiger charge is 2.12. The average Bonchev–Trinajstić information content (AvgIpc) is 2.38. The van der Waals surface area contributed by atoms with Crippen LogP contribution in [0.3, 0.4) is 0 Å². The van der Waals surface area contributed by atoms with Crippen molar-refractivity contribution in [3.63, 3.8) is 0 Å². The molecule has 0 atom stereocenters. The number of rotatable bonds is 3. The molecule has 0 aliphatic rings. The molecule has 2 aromatic rings. The monoisotopic (exact) mass is 276 g/mol. The van der Waals surface area contributed by atoms with Gasteiger partial charge in [-0.2, -0.15) is 5.26 Å². The zero-order chi connectivity index (χ0) is 14.0. The molecular formula is C14H13ClN2O2. The number of aryl methyl sites for hydroxylation is 1. The fraction of sp³-hybridized carbons (Fsp3) is 0.286. The van der Waals surface area contributed by atoms with Crippen molar-refractivity contribution in [1.29, 1.82) is 5.26 Å². The van der Waals surface area contributed by atoms with Gasteiger partial charge in [-0.3, -0.25) is 4.79 Å². The number of pyridine rings is 1. The van der Waals surface area contributed by atoms with E-state index in [-0.39, 0.29) is 11.0 Å². The fourth-order valence-electron chi connectivity index (χ4n) is 2.07. The molecule has 1 heterocycles. The van der Waals surface area contributed by atoms with Crippen molar-refractivity contribution in [1.82, 2.24) is 4.57 Å². The largest absolute Gasteiger partial charge is 0.383 e. The van der Waals surface area contributed by atoms with Gasteiger partial charge in [-0.05, 0) is 24.6 Å². The molecule has 98 valence electrons. The molecule has 0 saturated heterocycles. The van der Waals surface area contributed by atoms with Gasteiger partial charge < -0.3 is 9.30 Å². The number of aromatic nitrogens is 1. The molecule has 0 unspecified atom stereocenters. The SMILES string of the molecule is COCCn1cc(C#N)c(=O)c2cc(C)cc(Cl)c21. The van der Waals surface area contributed by atoms with Gasteiger partial charge in [-0.1, -0.05) is 11.6 Å². The van der Waals surface area contributed by atoms with E-state index in [2.05, 4.69) is 0 Å². The normalized spacial score (nSPS) is 10.6. The summed E-state index contributed by atoms with van der Waals surface area (Å²) in [5, 5.41) is 10.0. The van der Waals surface area contributed by atoms with E-state index >= 15 is 0 Å². The third-order valence-electron chi connectivity index (χ3n) is 2.93. The van der Waals surface area contributed by atoms with E-state index in [9.17, 15) is 4.79 Å².